The van der Waals surface area contributed by atoms with Crippen LogP contribution in [0.25, 0.3) is 0 Å². The van der Waals surface area contributed by atoms with Crippen molar-refractivity contribution in [2.75, 3.05) is 19.6 Å². The number of amides is 2. The van der Waals surface area contributed by atoms with Crippen molar-refractivity contribution >= 4 is 12.0 Å². The predicted molar refractivity (Wildman–Crippen MR) is 74.0 cm³/mol. The molecule has 1 aliphatic rings. The van der Waals surface area contributed by atoms with Gasteiger partial charge in [0, 0.05) is 19.6 Å². The standard InChI is InChI=1S/C14H26N2O3/c1-10(2)7-14(3,4)9-15-13(19)16-6-5-11(8-16)12(17)18/h10-11H,5-9H2,1-4H3,(H,15,19)(H,17,18). The fourth-order valence-corrected chi connectivity index (χ4v) is 2.75. The van der Waals surface area contributed by atoms with Gasteiger partial charge in [-0.25, -0.2) is 4.79 Å². The number of rotatable bonds is 5. The minimum absolute atomic E-state index is 0.0652. The van der Waals surface area contributed by atoms with E-state index < -0.39 is 11.9 Å². The highest BCUT2D eigenvalue weighted by molar-refractivity contribution is 5.77. The highest BCUT2D eigenvalue weighted by atomic mass is 16.4. The summed E-state index contributed by atoms with van der Waals surface area (Å²) in [6, 6.07) is -0.138. The van der Waals surface area contributed by atoms with Crippen molar-refractivity contribution in [3.05, 3.63) is 0 Å². The third-order valence-corrected chi connectivity index (χ3v) is 3.50. The Labute approximate surface area is 115 Å². The fraction of sp³-hybridized carbons (Fsp3) is 0.857. The van der Waals surface area contributed by atoms with Crippen LogP contribution in [-0.4, -0.2) is 41.6 Å². The van der Waals surface area contributed by atoms with E-state index in [4.69, 9.17) is 5.11 Å². The number of urea groups is 1. The number of aliphatic carboxylic acids is 1. The molecule has 2 amide bonds. The Kier molecular flexibility index (Phi) is 5.20. The van der Waals surface area contributed by atoms with Gasteiger partial charge in [-0.1, -0.05) is 27.7 Å². The molecule has 0 aromatic heterocycles. The van der Waals surface area contributed by atoms with Crippen molar-refractivity contribution in [1.29, 1.82) is 0 Å². The molecule has 1 aliphatic heterocycles. The van der Waals surface area contributed by atoms with Crippen LogP contribution in [0, 0.1) is 17.3 Å². The molecule has 0 saturated carbocycles. The molecule has 19 heavy (non-hydrogen) atoms. The van der Waals surface area contributed by atoms with E-state index in [1.165, 1.54) is 0 Å². The summed E-state index contributed by atoms with van der Waals surface area (Å²) in [4.78, 5) is 24.4. The second-order valence-electron chi connectivity index (χ2n) is 6.69. The van der Waals surface area contributed by atoms with Crippen molar-refractivity contribution < 1.29 is 14.7 Å². The Hall–Kier alpha value is -1.26. The SMILES string of the molecule is CC(C)CC(C)(C)CNC(=O)N1CCC(C(=O)O)C1. The molecule has 5 nitrogen and oxygen atoms in total. The molecule has 0 spiro atoms. The lowest BCUT2D eigenvalue weighted by molar-refractivity contribution is -0.141. The molecule has 1 saturated heterocycles. The predicted octanol–water partition coefficient (Wildman–Crippen LogP) is 2.17. The zero-order valence-corrected chi connectivity index (χ0v) is 12.4. The monoisotopic (exact) mass is 270 g/mol. The van der Waals surface area contributed by atoms with E-state index >= 15 is 0 Å². The van der Waals surface area contributed by atoms with Gasteiger partial charge >= 0.3 is 12.0 Å². The third kappa shape index (κ3) is 5.09. The third-order valence-electron chi connectivity index (χ3n) is 3.50. The van der Waals surface area contributed by atoms with Crippen LogP contribution in [0.2, 0.25) is 0 Å². The van der Waals surface area contributed by atoms with Gasteiger partial charge in [-0.05, 0) is 24.2 Å². The van der Waals surface area contributed by atoms with E-state index in [0.29, 0.717) is 32.0 Å². The second kappa shape index (κ2) is 6.26. The minimum Gasteiger partial charge on any atom is -0.481 e. The molecule has 0 aromatic rings. The molecule has 2 N–H and O–H groups in total. The van der Waals surface area contributed by atoms with Crippen molar-refractivity contribution in [3.8, 4) is 0 Å². The van der Waals surface area contributed by atoms with Crippen molar-refractivity contribution in [2.24, 2.45) is 17.3 Å². The average molecular weight is 270 g/mol. The van der Waals surface area contributed by atoms with Crippen molar-refractivity contribution in [3.63, 3.8) is 0 Å². The largest absolute Gasteiger partial charge is 0.481 e. The molecular formula is C14H26N2O3. The summed E-state index contributed by atoms with van der Waals surface area (Å²) in [7, 11) is 0. The van der Waals surface area contributed by atoms with Gasteiger partial charge in [0.1, 0.15) is 0 Å². The first-order chi connectivity index (χ1) is 8.71. The van der Waals surface area contributed by atoms with Crippen LogP contribution < -0.4 is 5.32 Å². The van der Waals surface area contributed by atoms with Crippen LogP contribution in [-0.2, 0) is 4.79 Å². The lowest BCUT2D eigenvalue weighted by Crippen LogP contribution is -2.43. The number of likely N-dealkylation sites (tertiary alicyclic amines) is 1. The molecule has 1 heterocycles. The average Bonchev–Trinajstić information content (AvgIpc) is 2.73. The molecule has 1 atom stereocenters. The smallest absolute Gasteiger partial charge is 0.317 e. The summed E-state index contributed by atoms with van der Waals surface area (Å²) in [5, 5.41) is 11.8. The summed E-state index contributed by atoms with van der Waals surface area (Å²) in [5.41, 5.74) is 0.0652. The van der Waals surface area contributed by atoms with Crippen LogP contribution >= 0.6 is 0 Å². The Morgan fingerprint density at radius 3 is 2.53 bits per heavy atom. The summed E-state index contributed by atoms with van der Waals surface area (Å²) >= 11 is 0. The maximum Gasteiger partial charge on any atom is 0.317 e. The lowest BCUT2D eigenvalue weighted by Gasteiger charge is -2.28. The summed E-state index contributed by atoms with van der Waals surface area (Å²) in [6.45, 7) is 10.1. The maximum absolute atomic E-state index is 12.0. The fourth-order valence-electron chi connectivity index (χ4n) is 2.75. The molecule has 0 aromatic carbocycles. The first-order valence-electron chi connectivity index (χ1n) is 6.97. The van der Waals surface area contributed by atoms with Crippen LogP contribution in [0.5, 0.6) is 0 Å². The summed E-state index contributed by atoms with van der Waals surface area (Å²) < 4.78 is 0. The van der Waals surface area contributed by atoms with E-state index in [2.05, 4.69) is 33.0 Å². The number of nitrogens with zero attached hydrogens (tertiary/aromatic N) is 1. The van der Waals surface area contributed by atoms with E-state index in [9.17, 15) is 9.59 Å². The first kappa shape index (κ1) is 15.8. The second-order valence-corrected chi connectivity index (χ2v) is 6.69. The van der Waals surface area contributed by atoms with E-state index in [0.717, 1.165) is 6.42 Å². The normalized spacial score (nSPS) is 19.8. The van der Waals surface area contributed by atoms with Gasteiger partial charge in [0.2, 0.25) is 0 Å². The van der Waals surface area contributed by atoms with Crippen molar-refractivity contribution in [2.45, 2.75) is 40.5 Å². The van der Waals surface area contributed by atoms with Gasteiger partial charge in [-0.2, -0.15) is 0 Å². The molecule has 0 aliphatic carbocycles. The van der Waals surface area contributed by atoms with Gasteiger partial charge in [0.05, 0.1) is 5.92 Å². The first-order valence-corrected chi connectivity index (χ1v) is 6.97. The van der Waals surface area contributed by atoms with Crippen LogP contribution in [0.3, 0.4) is 0 Å². The number of carboxylic acid groups (broad SMARTS) is 1. The molecule has 1 rings (SSSR count). The Balaban J connectivity index is 2.38. The number of carbonyl (C=O) groups excluding carboxylic acids is 1. The number of carboxylic acids is 1. The quantitative estimate of drug-likeness (QED) is 0.804. The van der Waals surface area contributed by atoms with Gasteiger partial charge in [-0.3, -0.25) is 4.79 Å². The Morgan fingerprint density at radius 1 is 1.42 bits per heavy atom. The van der Waals surface area contributed by atoms with Gasteiger partial charge in [-0.15, -0.1) is 0 Å². The van der Waals surface area contributed by atoms with Gasteiger partial charge in [0.25, 0.3) is 0 Å². The van der Waals surface area contributed by atoms with Crippen LogP contribution in [0.1, 0.15) is 40.5 Å². The van der Waals surface area contributed by atoms with Crippen LogP contribution in [0.4, 0.5) is 4.79 Å². The Bertz CT molecular complexity index is 340. The number of nitrogens with one attached hydrogen (secondary N) is 1. The molecule has 1 fully saturated rings. The maximum atomic E-state index is 12.0. The molecular weight excluding hydrogens is 244 g/mol. The number of hydrogen-bond acceptors (Lipinski definition) is 2. The lowest BCUT2D eigenvalue weighted by atomic mass is 9.84. The topological polar surface area (TPSA) is 69.6 Å². The minimum atomic E-state index is -0.810. The highest BCUT2D eigenvalue weighted by Gasteiger charge is 2.31. The van der Waals surface area contributed by atoms with E-state index in [1.807, 2.05) is 0 Å². The van der Waals surface area contributed by atoms with Crippen LogP contribution in [0.15, 0.2) is 0 Å². The van der Waals surface area contributed by atoms with E-state index in [1.54, 1.807) is 4.90 Å². The zero-order chi connectivity index (χ0) is 14.6. The molecule has 110 valence electrons. The van der Waals surface area contributed by atoms with Gasteiger partial charge < -0.3 is 15.3 Å². The molecule has 5 heteroatoms. The van der Waals surface area contributed by atoms with Crippen molar-refractivity contribution in [1.82, 2.24) is 10.2 Å². The Morgan fingerprint density at radius 2 is 2.05 bits per heavy atom. The summed E-state index contributed by atoms with van der Waals surface area (Å²) in [5.74, 6) is -0.625. The number of hydrogen-bond donors (Lipinski definition) is 2. The summed E-state index contributed by atoms with van der Waals surface area (Å²) in [6.07, 6.45) is 1.60. The zero-order valence-electron chi connectivity index (χ0n) is 12.4. The molecule has 0 radical (unpaired) electrons. The van der Waals surface area contributed by atoms with E-state index in [-0.39, 0.29) is 11.4 Å². The molecule has 1 unspecified atom stereocenters. The molecule has 0 bridgehead atoms. The highest BCUT2D eigenvalue weighted by Crippen LogP contribution is 2.24. The number of carbonyl (C=O) groups is 2. The van der Waals surface area contributed by atoms with Gasteiger partial charge in [0.15, 0.2) is 0 Å².